The second kappa shape index (κ2) is 3.47. The molecule has 2 aliphatic rings. The minimum absolute atomic E-state index is 0.176. The van der Waals surface area contributed by atoms with Crippen LogP contribution < -0.4 is 4.90 Å². The third-order valence-electron chi connectivity index (χ3n) is 3.81. The van der Waals surface area contributed by atoms with Crippen LogP contribution in [0, 0.1) is 10.1 Å². The molecule has 2 heterocycles. The highest BCUT2D eigenvalue weighted by atomic mass is 16.6. The van der Waals surface area contributed by atoms with Gasteiger partial charge in [-0.1, -0.05) is 0 Å². The molecule has 2 aliphatic heterocycles. The first-order valence-electron chi connectivity index (χ1n) is 5.78. The first-order valence-corrected chi connectivity index (χ1v) is 5.78. The third-order valence-corrected chi connectivity index (χ3v) is 3.81. The molecule has 0 aliphatic carbocycles. The SMILES string of the molecule is O=[N+]([O-])c1ccc(N2C3CCC2CC3)cc1. The van der Waals surface area contributed by atoms with Gasteiger partial charge >= 0.3 is 0 Å². The van der Waals surface area contributed by atoms with Crippen LogP contribution in [0.3, 0.4) is 0 Å². The Labute approximate surface area is 94.0 Å². The lowest BCUT2D eigenvalue weighted by atomic mass is 10.0. The fourth-order valence-electron chi connectivity index (χ4n) is 3.08. The molecule has 0 N–H and O–H groups in total. The predicted octanol–water partition coefficient (Wildman–Crippen LogP) is 2.73. The average Bonchev–Trinajstić information content (AvgIpc) is 2.88. The Morgan fingerprint density at radius 2 is 1.56 bits per heavy atom. The molecule has 4 nitrogen and oxygen atoms in total. The van der Waals surface area contributed by atoms with Gasteiger partial charge in [0.05, 0.1) is 4.92 Å². The fourth-order valence-corrected chi connectivity index (χ4v) is 3.08. The van der Waals surface area contributed by atoms with E-state index in [1.165, 1.54) is 25.7 Å². The Morgan fingerprint density at radius 3 is 2.00 bits per heavy atom. The molecular weight excluding hydrogens is 204 g/mol. The zero-order valence-electron chi connectivity index (χ0n) is 9.00. The summed E-state index contributed by atoms with van der Waals surface area (Å²) in [5.41, 5.74) is 1.32. The minimum atomic E-state index is -0.345. The highest BCUT2D eigenvalue weighted by Gasteiger charge is 2.39. The number of non-ortho nitro benzene ring substituents is 1. The van der Waals surface area contributed by atoms with Crippen LogP contribution in [0.4, 0.5) is 11.4 Å². The van der Waals surface area contributed by atoms with Gasteiger partial charge in [-0.2, -0.15) is 0 Å². The van der Waals surface area contributed by atoms with Crippen LogP contribution in [0.5, 0.6) is 0 Å². The molecule has 16 heavy (non-hydrogen) atoms. The van der Waals surface area contributed by atoms with Gasteiger partial charge in [0.2, 0.25) is 0 Å². The number of rotatable bonds is 2. The van der Waals surface area contributed by atoms with Gasteiger partial charge in [0.15, 0.2) is 0 Å². The molecule has 0 aromatic heterocycles. The number of anilines is 1. The monoisotopic (exact) mass is 218 g/mol. The Morgan fingerprint density at radius 1 is 1.06 bits per heavy atom. The Balaban J connectivity index is 1.87. The average molecular weight is 218 g/mol. The summed E-state index contributed by atoms with van der Waals surface area (Å²) in [5.74, 6) is 0. The van der Waals surface area contributed by atoms with Crippen LogP contribution in [-0.2, 0) is 0 Å². The third kappa shape index (κ3) is 1.37. The number of fused-ring (bicyclic) bond motifs is 2. The second-order valence-corrected chi connectivity index (χ2v) is 4.64. The highest BCUT2D eigenvalue weighted by molar-refractivity contribution is 5.54. The number of nitro groups is 1. The number of benzene rings is 1. The Hall–Kier alpha value is -1.58. The van der Waals surface area contributed by atoms with Gasteiger partial charge in [-0.3, -0.25) is 10.1 Å². The molecule has 2 saturated heterocycles. The van der Waals surface area contributed by atoms with Crippen molar-refractivity contribution in [1.29, 1.82) is 0 Å². The summed E-state index contributed by atoms with van der Waals surface area (Å²) in [5, 5.41) is 10.6. The van der Waals surface area contributed by atoms with Crippen LogP contribution in [-0.4, -0.2) is 17.0 Å². The van der Waals surface area contributed by atoms with E-state index in [2.05, 4.69) is 4.90 Å². The van der Waals surface area contributed by atoms with E-state index in [-0.39, 0.29) is 10.6 Å². The maximum atomic E-state index is 10.6. The van der Waals surface area contributed by atoms with E-state index in [1.54, 1.807) is 12.1 Å². The number of hydrogen-bond acceptors (Lipinski definition) is 3. The molecule has 0 unspecified atom stereocenters. The Bertz CT molecular complexity index is 396. The summed E-state index contributed by atoms with van der Waals surface area (Å²) in [7, 11) is 0. The standard InChI is InChI=1S/C12H14N2O2/c15-14(16)12-7-5-11(6-8-12)13-9-1-2-10(13)4-3-9/h5-10H,1-4H2. The summed E-state index contributed by atoms with van der Waals surface area (Å²) < 4.78 is 0. The first-order chi connectivity index (χ1) is 7.75. The summed E-state index contributed by atoms with van der Waals surface area (Å²) in [6, 6.07) is 8.32. The van der Waals surface area contributed by atoms with Crippen molar-refractivity contribution in [2.24, 2.45) is 0 Å². The quantitative estimate of drug-likeness (QED) is 0.566. The predicted molar refractivity (Wildman–Crippen MR) is 61.6 cm³/mol. The lowest BCUT2D eigenvalue weighted by Gasteiger charge is -2.24. The molecule has 1 aromatic rings. The Kier molecular flexibility index (Phi) is 2.09. The van der Waals surface area contributed by atoms with Crippen LogP contribution in [0.2, 0.25) is 0 Å². The smallest absolute Gasteiger partial charge is 0.269 e. The fraction of sp³-hybridized carbons (Fsp3) is 0.500. The van der Waals surface area contributed by atoms with E-state index in [0.717, 1.165) is 5.69 Å². The maximum absolute atomic E-state index is 10.6. The normalized spacial score (nSPS) is 27.4. The van der Waals surface area contributed by atoms with Crippen molar-refractivity contribution >= 4 is 11.4 Å². The second-order valence-electron chi connectivity index (χ2n) is 4.64. The zero-order chi connectivity index (χ0) is 11.1. The molecule has 2 bridgehead atoms. The summed E-state index contributed by atoms with van der Waals surface area (Å²) >= 11 is 0. The van der Waals surface area contributed by atoms with Gasteiger partial charge in [-0.05, 0) is 37.8 Å². The molecule has 84 valence electrons. The first kappa shape index (κ1) is 9.63. The largest absolute Gasteiger partial charge is 0.366 e. The van der Waals surface area contributed by atoms with E-state index in [9.17, 15) is 10.1 Å². The molecule has 0 spiro atoms. The van der Waals surface area contributed by atoms with Crippen molar-refractivity contribution < 1.29 is 4.92 Å². The molecule has 1 aromatic carbocycles. The van der Waals surface area contributed by atoms with Crippen molar-refractivity contribution in [3.8, 4) is 0 Å². The summed E-state index contributed by atoms with van der Waals surface area (Å²) in [6.45, 7) is 0. The van der Waals surface area contributed by atoms with Crippen molar-refractivity contribution in [2.45, 2.75) is 37.8 Å². The maximum Gasteiger partial charge on any atom is 0.269 e. The van der Waals surface area contributed by atoms with Crippen molar-refractivity contribution in [1.82, 2.24) is 0 Å². The van der Waals surface area contributed by atoms with Crippen LogP contribution in [0.1, 0.15) is 25.7 Å². The molecule has 0 saturated carbocycles. The van der Waals surface area contributed by atoms with Gasteiger partial charge in [-0.15, -0.1) is 0 Å². The lowest BCUT2D eigenvalue weighted by Crippen LogP contribution is -2.27. The minimum Gasteiger partial charge on any atom is -0.366 e. The molecular formula is C12H14N2O2. The van der Waals surface area contributed by atoms with Gasteiger partial charge in [0.1, 0.15) is 0 Å². The van der Waals surface area contributed by atoms with Gasteiger partial charge in [-0.25, -0.2) is 0 Å². The molecule has 4 heteroatoms. The van der Waals surface area contributed by atoms with E-state index < -0.39 is 0 Å². The van der Waals surface area contributed by atoms with Crippen molar-refractivity contribution in [3.63, 3.8) is 0 Å². The van der Waals surface area contributed by atoms with E-state index >= 15 is 0 Å². The molecule has 3 rings (SSSR count). The van der Waals surface area contributed by atoms with E-state index in [1.807, 2.05) is 12.1 Å². The van der Waals surface area contributed by atoms with Gasteiger partial charge < -0.3 is 4.90 Å². The number of nitro benzene ring substituents is 1. The highest BCUT2D eigenvalue weighted by Crippen LogP contribution is 2.41. The number of hydrogen-bond donors (Lipinski definition) is 0. The molecule has 0 amide bonds. The zero-order valence-corrected chi connectivity index (χ0v) is 9.00. The van der Waals surface area contributed by atoms with Crippen LogP contribution in [0.15, 0.2) is 24.3 Å². The molecule has 0 radical (unpaired) electrons. The topological polar surface area (TPSA) is 46.4 Å². The van der Waals surface area contributed by atoms with Crippen molar-refractivity contribution in [2.75, 3.05) is 4.90 Å². The van der Waals surface area contributed by atoms with Crippen LogP contribution >= 0.6 is 0 Å². The summed E-state index contributed by atoms with van der Waals surface area (Å²) in [6.07, 6.45) is 5.12. The van der Waals surface area contributed by atoms with Gasteiger partial charge in [0, 0.05) is 29.9 Å². The molecule has 2 fully saturated rings. The van der Waals surface area contributed by atoms with Crippen LogP contribution in [0.25, 0.3) is 0 Å². The summed E-state index contributed by atoms with van der Waals surface area (Å²) in [4.78, 5) is 12.7. The van der Waals surface area contributed by atoms with Gasteiger partial charge in [0.25, 0.3) is 5.69 Å². The number of nitrogens with zero attached hydrogens (tertiary/aromatic N) is 2. The lowest BCUT2D eigenvalue weighted by molar-refractivity contribution is -0.384. The van der Waals surface area contributed by atoms with Crippen molar-refractivity contribution in [3.05, 3.63) is 34.4 Å². The van der Waals surface area contributed by atoms with E-state index in [4.69, 9.17) is 0 Å². The molecule has 0 atom stereocenters. The van der Waals surface area contributed by atoms with E-state index in [0.29, 0.717) is 12.1 Å².